The van der Waals surface area contributed by atoms with Crippen molar-refractivity contribution in [1.82, 2.24) is 0 Å². The van der Waals surface area contributed by atoms with Gasteiger partial charge < -0.3 is 10.4 Å². The summed E-state index contributed by atoms with van der Waals surface area (Å²) >= 11 is 0. The predicted octanol–water partition coefficient (Wildman–Crippen LogP) is 2.66. The van der Waals surface area contributed by atoms with Crippen molar-refractivity contribution in [2.24, 2.45) is 5.41 Å². The molecule has 1 aromatic rings. The highest BCUT2D eigenvalue weighted by atomic mass is 32.2. The van der Waals surface area contributed by atoms with Crippen LogP contribution in [-0.2, 0) is 10.0 Å². The van der Waals surface area contributed by atoms with Gasteiger partial charge in [0.1, 0.15) is 0 Å². The summed E-state index contributed by atoms with van der Waals surface area (Å²) in [5.74, 6) is 0.0546. The molecule has 5 nitrogen and oxygen atoms in total. The number of aliphatic hydroxyl groups is 1. The van der Waals surface area contributed by atoms with Gasteiger partial charge in [-0.3, -0.25) is 4.72 Å². The zero-order valence-electron chi connectivity index (χ0n) is 13.0. The molecule has 0 radical (unpaired) electrons. The molecule has 0 aliphatic rings. The first-order valence-corrected chi connectivity index (χ1v) is 9.01. The van der Waals surface area contributed by atoms with Crippen molar-refractivity contribution < 1.29 is 13.5 Å². The normalized spacial score (nSPS) is 12.2. The van der Waals surface area contributed by atoms with E-state index < -0.39 is 10.0 Å². The van der Waals surface area contributed by atoms with E-state index in [1.54, 1.807) is 19.1 Å². The topological polar surface area (TPSA) is 78.4 Å². The Labute approximate surface area is 127 Å². The van der Waals surface area contributed by atoms with E-state index in [1.807, 2.05) is 12.1 Å². The van der Waals surface area contributed by atoms with Crippen molar-refractivity contribution in [1.29, 1.82) is 0 Å². The lowest BCUT2D eigenvalue weighted by atomic mass is 9.83. The van der Waals surface area contributed by atoms with E-state index in [2.05, 4.69) is 23.9 Å². The molecule has 6 heteroatoms. The van der Waals surface area contributed by atoms with E-state index in [0.29, 0.717) is 12.2 Å². The quantitative estimate of drug-likeness (QED) is 0.655. The van der Waals surface area contributed by atoms with Gasteiger partial charge in [0.05, 0.1) is 12.4 Å². The molecule has 0 heterocycles. The minimum Gasteiger partial charge on any atom is -0.396 e. The van der Waals surface area contributed by atoms with Crippen molar-refractivity contribution in [3.8, 4) is 0 Å². The average molecular weight is 314 g/mol. The fourth-order valence-corrected chi connectivity index (χ4v) is 2.62. The fourth-order valence-electron chi connectivity index (χ4n) is 1.98. The smallest absolute Gasteiger partial charge is 0.232 e. The first kappa shape index (κ1) is 17.8. The highest BCUT2D eigenvalue weighted by Crippen LogP contribution is 2.26. The second-order valence-corrected chi connectivity index (χ2v) is 7.31. The molecule has 1 rings (SSSR count). The minimum absolute atomic E-state index is 0.0546. The minimum atomic E-state index is -3.24. The molecule has 0 aromatic heterocycles. The summed E-state index contributed by atoms with van der Waals surface area (Å²) in [5, 5.41) is 12.8. The first-order chi connectivity index (χ1) is 9.90. The third-order valence-corrected chi connectivity index (χ3v) is 5.35. The molecule has 0 saturated heterocycles. The van der Waals surface area contributed by atoms with Crippen LogP contribution in [0.2, 0.25) is 0 Å². The molecule has 0 fully saturated rings. The molecule has 0 amide bonds. The Morgan fingerprint density at radius 3 is 2.00 bits per heavy atom. The number of hydrogen-bond donors (Lipinski definition) is 3. The average Bonchev–Trinajstić information content (AvgIpc) is 2.50. The van der Waals surface area contributed by atoms with Crippen LogP contribution < -0.4 is 10.0 Å². The van der Waals surface area contributed by atoms with Gasteiger partial charge in [0.15, 0.2) is 0 Å². The monoisotopic (exact) mass is 314 g/mol. The zero-order chi connectivity index (χ0) is 15.9. The number of aliphatic hydroxyl groups excluding tert-OH is 1. The SMILES string of the molecule is CCC(CC)(CO)CNc1ccc(NS(=O)(=O)CC)cc1. The Balaban J connectivity index is 2.67. The van der Waals surface area contributed by atoms with Gasteiger partial charge in [-0.15, -0.1) is 0 Å². The number of rotatable bonds is 9. The molecule has 0 aliphatic carbocycles. The molecule has 120 valence electrons. The van der Waals surface area contributed by atoms with Crippen LogP contribution in [-0.4, -0.2) is 32.4 Å². The highest BCUT2D eigenvalue weighted by molar-refractivity contribution is 7.92. The van der Waals surface area contributed by atoms with E-state index in [-0.39, 0.29) is 17.8 Å². The van der Waals surface area contributed by atoms with E-state index in [4.69, 9.17) is 0 Å². The molecular weight excluding hydrogens is 288 g/mol. The van der Waals surface area contributed by atoms with Crippen molar-refractivity contribution in [3.05, 3.63) is 24.3 Å². The second-order valence-electron chi connectivity index (χ2n) is 5.30. The van der Waals surface area contributed by atoms with Crippen LogP contribution >= 0.6 is 0 Å². The summed E-state index contributed by atoms with van der Waals surface area (Å²) in [7, 11) is -3.24. The van der Waals surface area contributed by atoms with E-state index in [9.17, 15) is 13.5 Å². The van der Waals surface area contributed by atoms with Gasteiger partial charge >= 0.3 is 0 Å². The Hall–Kier alpha value is -1.27. The van der Waals surface area contributed by atoms with Crippen molar-refractivity contribution >= 4 is 21.4 Å². The van der Waals surface area contributed by atoms with Crippen molar-refractivity contribution in [2.45, 2.75) is 33.6 Å². The van der Waals surface area contributed by atoms with Crippen molar-refractivity contribution in [2.75, 3.05) is 28.9 Å². The molecule has 0 saturated carbocycles. The van der Waals surface area contributed by atoms with Gasteiger partial charge in [0.2, 0.25) is 10.0 Å². The number of nitrogens with one attached hydrogen (secondary N) is 2. The Kier molecular flexibility index (Phi) is 6.48. The summed E-state index contributed by atoms with van der Waals surface area (Å²) < 4.78 is 25.5. The Bertz CT molecular complexity index is 514. The maximum atomic E-state index is 11.5. The van der Waals surface area contributed by atoms with Crippen LogP contribution in [0, 0.1) is 5.41 Å². The van der Waals surface area contributed by atoms with Gasteiger partial charge in [-0.1, -0.05) is 13.8 Å². The number of benzene rings is 1. The van der Waals surface area contributed by atoms with Gasteiger partial charge in [-0.25, -0.2) is 8.42 Å². The summed E-state index contributed by atoms with van der Waals surface area (Å²) in [4.78, 5) is 0. The van der Waals surface area contributed by atoms with Gasteiger partial charge in [0.25, 0.3) is 0 Å². The van der Waals surface area contributed by atoms with Gasteiger partial charge in [-0.2, -0.15) is 0 Å². The maximum Gasteiger partial charge on any atom is 0.232 e. The van der Waals surface area contributed by atoms with Gasteiger partial charge in [0, 0.05) is 23.3 Å². The van der Waals surface area contributed by atoms with Gasteiger partial charge in [-0.05, 0) is 44.0 Å². The molecule has 3 N–H and O–H groups in total. The standard InChI is InChI=1S/C15H26N2O3S/c1-4-15(5-2,12-18)11-16-13-7-9-14(10-8-13)17-21(19,20)6-3/h7-10,16-18H,4-6,11-12H2,1-3H3. The summed E-state index contributed by atoms with van der Waals surface area (Å²) in [5.41, 5.74) is 1.36. The van der Waals surface area contributed by atoms with E-state index >= 15 is 0 Å². The van der Waals surface area contributed by atoms with Crippen LogP contribution in [0.25, 0.3) is 0 Å². The lowest BCUT2D eigenvalue weighted by Crippen LogP contribution is -2.32. The molecule has 0 aliphatic heterocycles. The predicted molar refractivity (Wildman–Crippen MR) is 88.1 cm³/mol. The summed E-state index contributed by atoms with van der Waals surface area (Å²) in [6, 6.07) is 7.13. The van der Waals surface area contributed by atoms with Crippen LogP contribution in [0.15, 0.2) is 24.3 Å². The van der Waals surface area contributed by atoms with Crippen molar-refractivity contribution in [3.63, 3.8) is 0 Å². The van der Waals surface area contributed by atoms with E-state index in [1.165, 1.54) is 0 Å². The second kappa shape index (κ2) is 7.66. The molecule has 21 heavy (non-hydrogen) atoms. The van der Waals surface area contributed by atoms with Crippen LogP contribution in [0.1, 0.15) is 33.6 Å². The maximum absolute atomic E-state index is 11.5. The molecule has 0 bridgehead atoms. The van der Waals surface area contributed by atoms with E-state index in [0.717, 1.165) is 18.5 Å². The summed E-state index contributed by atoms with van der Waals surface area (Å²) in [6.07, 6.45) is 1.81. The molecule has 0 atom stereocenters. The Morgan fingerprint density at radius 2 is 1.57 bits per heavy atom. The lowest BCUT2D eigenvalue weighted by molar-refractivity contribution is 0.127. The summed E-state index contributed by atoms with van der Waals surface area (Å²) in [6.45, 7) is 6.59. The first-order valence-electron chi connectivity index (χ1n) is 7.35. The number of sulfonamides is 1. The molecule has 0 unspecified atom stereocenters. The molecule has 1 aromatic carbocycles. The highest BCUT2D eigenvalue weighted by Gasteiger charge is 2.24. The van der Waals surface area contributed by atoms with Crippen LogP contribution in [0.4, 0.5) is 11.4 Å². The molecular formula is C15H26N2O3S. The van der Waals surface area contributed by atoms with Crippen LogP contribution in [0.3, 0.4) is 0 Å². The fraction of sp³-hybridized carbons (Fsp3) is 0.600. The largest absolute Gasteiger partial charge is 0.396 e. The Morgan fingerprint density at radius 1 is 1.05 bits per heavy atom. The number of hydrogen-bond acceptors (Lipinski definition) is 4. The molecule has 0 spiro atoms. The number of anilines is 2. The third kappa shape index (κ3) is 5.21. The lowest BCUT2D eigenvalue weighted by Gasteiger charge is -2.30. The van der Waals surface area contributed by atoms with Crippen LogP contribution in [0.5, 0.6) is 0 Å². The zero-order valence-corrected chi connectivity index (χ0v) is 13.8. The third-order valence-electron chi connectivity index (χ3n) is 4.04.